The zero-order chi connectivity index (χ0) is 13.8. The van der Waals surface area contributed by atoms with Crippen molar-refractivity contribution in [1.82, 2.24) is 14.9 Å². The molecule has 0 spiro atoms. The third-order valence-corrected chi connectivity index (χ3v) is 3.33. The molecule has 1 heterocycles. The molecule has 20 heavy (non-hydrogen) atoms. The molecular weight excluding hydrogens is 250 g/mol. The first-order valence-corrected chi connectivity index (χ1v) is 6.68. The number of aromatic nitrogens is 2. The highest BCUT2D eigenvalue weighted by Crippen LogP contribution is 2.12. The Balaban J connectivity index is 1.60. The normalized spacial score (nSPS) is 12.7. The minimum absolute atomic E-state index is 0.494. The van der Waals surface area contributed by atoms with Crippen LogP contribution in [0.2, 0.25) is 0 Å². The monoisotopic (exact) mass is 267 g/mol. The van der Waals surface area contributed by atoms with E-state index in [1.807, 2.05) is 65.5 Å². The lowest BCUT2D eigenvalue weighted by atomic mass is 10.1. The molecule has 4 nitrogen and oxygen atoms in total. The second-order valence-electron chi connectivity index (χ2n) is 4.74. The molecule has 0 aliphatic heterocycles. The molecular formula is C16H17N3O. The summed E-state index contributed by atoms with van der Waals surface area (Å²) < 4.78 is 2.03. The predicted molar refractivity (Wildman–Crippen MR) is 79.1 cm³/mol. The van der Waals surface area contributed by atoms with Gasteiger partial charge in [0.15, 0.2) is 0 Å². The first-order chi connectivity index (χ1) is 9.84. The second kappa shape index (κ2) is 5.86. The van der Waals surface area contributed by atoms with Gasteiger partial charge in [0.2, 0.25) is 0 Å². The van der Waals surface area contributed by atoms with E-state index in [0.717, 1.165) is 16.6 Å². The molecule has 3 rings (SSSR count). The minimum Gasteiger partial charge on any atom is -0.387 e. The van der Waals surface area contributed by atoms with Gasteiger partial charge in [0, 0.05) is 6.54 Å². The van der Waals surface area contributed by atoms with Crippen LogP contribution in [0.15, 0.2) is 60.9 Å². The Morgan fingerprint density at radius 1 is 1.05 bits per heavy atom. The summed E-state index contributed by atoms with van der Waals surface area (Å²) >= 11 is 0. The molecule has 0 radical (unpaired) electrons. The molecule has 0 saturated heterocycles. The number of hydrogen-bond donors (Lipinski definition) is 2. The topological polar surface area (TPSA) is 50.1 Å². The highest BCUT2D eigenvalue weighted by atomic mass is 16.3. The van der Waals surface area contributed by atoms with E-state index in [1.54, 1.807) is 0 Å². The molecule has 0 fully saturated rings. The fraction of sp³-hybridized carbons (Fsp3) is 0.188. The van der Waals surface area contributed by atoms with Crippen molar-refractivity contribution in [3.63, 3.8) is 0 Å². The number of rotatable bonds is 5. The van der Waals surface area contributed by atoms with Gasteiger partial charge in [-0.3, -0.25) is 5.32 Å². The summed E-state index contributed by atoms with van der Waals surface area (Å²) in [5.74, 6) is 0. The van der Waals surface area contributed by atoms with E-state index in [9.17, 15) is 5.11 Å². The summed E-state index contributed by atoms with van der Waals surface area (Å²) in [6.07, 6.45) is 1.32. The van der Waals surface area contributed by atoms with Gasteiger partial charge in [-0.25, -0.2) is 4.98 Å². The Kier molecular flexibility index (Phi) is 3.76. The van der Waals surface area contributed by atoms with E-state index in [2.05, 4.69) is 10.3 Å². The van der Waals surface area contributed by atoms with Crippen molar-refractivity contribution in [2.24, 2.45) is 0 Å². The van der Waals surface area contributed by atoms with Crippen LogP contribution in [-0.2, 0) is 6.67 Å². The summed E-state index contributed by atoms with van der Waals surface area (Å²) in [4.78, 5) is 4.34. The molecule has 4 heteroatoms. The smallest absolute Gasteiger partial charge is 0.0969 e. The molecule has 0 unspecified atom stereocenters. The molecule has 0 saturated carbocycles. The van der Waals surface area contributed by atoms with Crippen LogP contribution in [0.5, 0.6) is 0 Å². The van der Waals surface area contributed by atoms with Crippen LogP contribution in [-0.4, -0.2) is 21.2 Å². The summed E-state index contributed by atoms with van der Waals surface area (Å²) in [5.41, 5.74) is 3.00. The van der Waals surface area contributed by atoms with E-state index < -0.39 is 6.10 Å². The van der Waals surface area contributed by atoms with Crippen LogP contribution in [0, 0.1) is 0 Å². The molecule has 0 bridgehead atoms. The number of nitrogens with zero attached hydrogens (tertiary/aromatic N) is 2. The van der Waals surface area contributed by atoms with Crippen LogP contribution >= 0.6 is 0 Å². The third-order valence-electron chi connectivity index (χ3n) is 3.33. The fourth-order valence-electron chi connectivity index (χ4n) is 2.25. The molecule has 2 aromatic carbocycles. The van der Waals surface area contributed by atoms with Crippen molar-refractivity contribution < 1.29 is 5.11 Å². The van der Waals surface area contributed by atoms with Crippen molar-refractivity contribution in [3.05, 3.63) is 66.5 Å². The molecule has 0 amide bonds. The summed E-state index contributed by atoms with van der Waals surface area (Å²) in [5, 5.41) is 13.3. The second-order valence-corrected chi connectivity index (χ2v) is 4.74. The van der Waals surface area contributed by atoms with Gasteiger partial charge in [0.1, 0.15) is 0 Å². The minimum atomic E-state index is -0.494. The van der Waals surface area contributed by atoms with Gasteiger partial charge in [0.05, 0.1) is 30.1 Å². The zero-order valence-electron chi connectivity index (χ0n) is 11.1. The number of para-hydroxylation sites is 2. The van der Waals surface area contributed by atoms with Crippen molar-refractivity contribution in [3.8, 4) is 0 Å². The average Bonchev–Trinajstić information content (AvgIpc) is 2.92. The van der Waals surface area contributed by atoms with Crippen molar-refractivity contribution in [2.45, 2.75) is 12.8 Å². The maximum Gasteiger partial charge on any atom is 0.0969 e. The largest absolute Gasteiger partial charge is 0.387 e. The Hall–Kier alpha value is -2.17. The van der Waals surface area contributed by atoms with E-state index >= 15 is 0 Å². The number of aliphatic hydroxyl groups excluding tert-OH is 1. The molecule has 1 aromatic heterocycles. The number of hydrogen-bond acceptors (Lipinski definition) is 3. The van der Waals surface area contributed by atoms with E-state index in [-0.39, 0.29) is 0 Å². The first-order valence-electron chi connectivity index (χ1n) is 6.68. The maximum absolute atomic E-state index is 10.1. The lowest BCUT2D eigenvalue weighted by Gasteiger charge is -2.12. The van der Waals surface area contributed by atoms with Crippen LogP contribution in [0.25, 0.3) is 11.0 Å². The lowest BCUT2D eigenvalue weighted by molar-refractivity contribution is 0.171. The van der Waals surface area contributed by atoms with Crippen molar-refractivity contribution >= 4 is 11.0 Å². The number of aliphatic hydroxyl groups is 1. The van der Waals surface area contributed by atoms with Gasteiger partial charge < -0.3 is 9.67 Å². The summed E-state index contributed by atoms with van der Waals surface area (Å²) in [6.45, 7) is 1.14. The third kappa shape index (κ3) is 2.71. The van der Waals surface area contributed by atoms with E-state index in [4.69, 9.17) is 0 Å². The molecule has 102 valence electrons. The fourth-order valence-corrected chi connectivity index (χ4v) is 2.25. The van der Waals surface area contributed by atoms with E-state index in [1.165, 1.54) is 0 Å². The molecule has 0 aliphatic rings. The quantitative estimate of drug-likeness (QED) is 0.746. The molecule has 0 aliphatic carbocycles. The molecule has 2 N–H and O–H groups in total. The van der Waals surface area contributed by atoms with Gasteiger partial charge in [0.25, 0.3) is 0 Å². The number of nitrogens with one attached hydrogen (secondary N) is 1. The highest BCUT2D eigenvalue weighted by Gasteiger charge is 2.06. The lowest BCUT2D eigenvalue weighted by Crippen LogP contribution is -2.23. The zero-order valence-corrected chi connectivity index (χ0v) is 11.1. The van der Waals surface area contributed by atoms with Gasteiger partial charge in [-0.1, -0.05) is 42.5 Å². The van der Waals surface area contributed by atoms with Crippen molar-refractivity contribution in [2.75, 3.05) is 6.54 Å². The Bertz CT molecular complexity index is 678. The first kappa shape index (κ1) is 12.8. The van der Waals surface area contributed by atoms with Crippen LogP contribution in [0.1, 0.15) is 11.7 Å². The average molecular weight is 267 g/mol. The highest BCUT2D eigenvalue weighted by molar-refractivity contribution is 5.74. The van der Waals surface area contributed by atoms with Crippen molar-refractivity contribution in [1.29, 1.82) is 0 Å². The predicted octanol–water partition coefficient (Wildman–Crippen LogP) is 2.32. The van der Waals surface area contributed by atoms with Crippen LogP contribution in [0.3, 0.4) is 0 Å². The number of fused-ring (bicyclic) bond motifs is 1. The summed E-state index contributed by atoms with van der Waals surface area (Å²) in [7, 11) is 0. The number of imidazole rings is 1. The van der Waals surface area contributed by atoms with Gasteiger partial charge in [-0.2, -0.15) is 0 Å². The molecule has 3 aromatic rings. The Labute approximate surface area is 117 Å². The van der Waals surface area contributed by atoms with Gasteiger partial charge in [-0.05, 0) is 17.7 Å². The Morgan fingerprint density at radius 2 is 1.80 bits per heavy atom. The molecule has 1 atom stereocenters. The Morgan fingerprint density at radius 3 is 2.65 bits per heavy atom. The van der Waals surface area contributed by atoms with Crippen LogP contribution in [0.4, 0.5) is 0 Å². The van der Waals surface area contributed by atoms with Crippen LogP contribution < -0.4 is 5.32 Å². The summed E-state index contributed by atoms with van der Waals surface area (Å²) in [6, 6.07) is 17.7. The maximum atomic E-state index is 10.1. The standard InChI is InChI=1S/C16H17N3O/c20-16(13-6-2-1-3-7-13)10-17-11-19-12-18-14-8-4-5-9-15(14)19/h1-9,12,16-17,20H,10-11H2/t16-/m0/s1. The van der Waals surface area contributed by atoms with E-state index in [0.29, 0.717) is 13.2 Å². The number of benzene rings is 2. The van der Waals surface area contributed by atoms with Gasteiger partial charge in [-0.15, -0.1) is 0 Å². The SMILES string of the molecule is O[C@@H](CNCn1cnc2ccccc21)c1ccccc1. The van der Waals surface area contributed by atoms with Gasteiger partial charge >= 0.3 is 0 Å².